The van der Waals surface area contributed by atoms with Crippen LogP contribution in [0.1, 0.15) is 29.7 Å². The second-order valence-electron chi connectivity index (χ2n) is 6.13. The largest absolute Gasteiger partial charge is 0.481 e. The number of aliphatic carboxylic acids is 1. The van der Waals surface area contributed by atoms with Gasteiger partial charge in [-0.2, -0.15) is 0 Å². The first-order chi connectivity index (χ1) is 12.5. The fourth-order valence-corrected chi connectivity index (χ4v) is 2.58. The van der Waals surface area contributed by atoms with E-state index in [4.69, 9.17) is 9.52 Å². The van der Waals surface area contributed by atoms with Crippen LogP contribution in [0.5, 0.6) is 0 Å². The van der Waals surface area contributed by atoms with Crippen molar-refractivity contribution in [1.29, 1.82) is 0 Å². The fraction of sp³-hybridized carbons (Fsp3) is 0.368. The zero-order valence-electron chi connectivity index (χ0n) is 14.9. The number of rotatable bonds is 10. The Hall–Kier alpha value is -2.80. The minimum Gasteiger partial charge on any atom is -0.481 e. The molecule has 0 saturated heterocycles. The van der Waals surface area contributed by atoms with Crippen molar-refractivity contribution in [3.05, 3.63) is 59.5 Å². The van der Waals surface area contributed by atoms with Gasteiger partial charge in [-0.25, -0.2) is 4.79 Å². The highest BCUT2D eigenvalue weighted by molar-refractivity contribution is 5.74. The average molecular weight is 359 g/mol. The molecule has 2 rings (SSSR count). The van der Waals surface area contributed by atoms with Crippen LogP contribution < -0.4 is 10.6 Å². The number of urea groups is 1. The molecule has 2 amide bonds. The molecule has 7 nitrogen and oxygen atoms in total. The van der Waals surface area contributed by atoms with Crippen LogP contribution in [0, 0.1) is 0 Å². The van der Waals surface area contributed by atoms with E-state index < -0.39 is 5.97 Å². The minimum atomic E-state index is -0.861. The maximum absolute atomic E-state index is 11.8. The third-order valence-corrected chi connectivity index (χ3v) is 3.86. The molecule has 2 aromatic rings. The van der Waals surface area contributed by atoms with Crippen molar-refractivity contribution >= 4 is 12.0 Å². The Morgan fingerprint density at radius 3 is 2.54 bits per heavy atom. The number of nitrogens with zero attached hydrogens (tertiary/aromatic N) is 1. The van der Waals surface area contributed by atoms with E-state index >= 15 is 0 Å². The predicted octanol–water partition coefficient (Wildman–Crippen LogP) is 2.58. The lowest BCUT2D eigenvalue weighted by atomic mass is 10.1. The normalized spacial score (nSPS) is 10.7. The number of carbonyl (C=O) groups excluding carboxylic acids is 1. The number of hydrogen-bond donors (Lipinski definition) is 3. The summed E-state index contributed by atoms with van der Waals surface area (Å²) in [6.07, 6.45) is 2.12. The molecule has 0 spiro atoms. The summed E-state index contributed by atoms with van der Waals surface area (Å²) in [5.41, 5.74) is 2.17. The molecule has 0 saturated carbocycles. The molecule has 0 unspecified atom stereocenters. The van der Waals surface area contributed by atoms with Gasteiger partial charge < -0.3 is 20.2 Å². The van der Waals surface area contributed by atoms with E-state index in [9.17, 15) is 9.59 Å². The van der Waals surface area contributed by atoms with Crippen molar-refractivity contribution in [3.8, 4) is 0 Å². The van der Waals surface area contributed by atoms with E-state index in [1.165, 1.54) is 0 Å². The van der Waals surface area contributed by atoms with Crippen LogP contribution >= 0.6 is 0 Å². The van der Waals surface area contributed by atoms with Crippen molar-refractivity contribution in [2.75, 3.05) is 13.6 Å². The second-order valence-corrected chi connectivity index (χ2v) is 6.13. The maximum atomic E-state index is 11.8. The Morgan fingerprint density at radius 1 is 1.08 bits per heavy atom. The molecule has 1 aromatic heterocycles. The number of amides is 2. The zero-order chi connectivity index (χ0) is 18.8. The summed E-state index contributed by atoms with van der Waals surface area (Å²) in [6, 6.07) is 11.5. The molecular formula is C19H25N3O4. The molecule has 7 heteroatoms. The van der Waals surface area contributed by atoms with Gasteiger partial charge in [0.25, 0.3) is 0 Å². The highest BCUT2D eigenvalue weighted by Crippen LogP contribution is 2.13. The van der Waals surface area contributed by atoms with E-state index in [-0.39, 0.29) is 12.5 Å². The van der Waals surface area contributed by atoms with Gasteiger partial charge in [0.15, 0.2) is 0 Å². The SMILES string of the molecule is CN(Cc1ccco1)Cc1ccccc1CNC(=O)NCCCC(=O)O. The molecule has 1 aromatic carbocycles. The molecule has 0 fully saturated rings. The van der Waals surface area contributed by atoms with Crippen molar-refractivity contribution in [2.45, 2.75) is 32.5 Å². The number of carbonyl (C=O) groups is 2. The molecular weight excluding hydrogens is 334 g/mol. The molecule has 3 N–H and O–H groups in total. The summed E-state index contributed by atoms with van der Waals surface area (Å²) in [5, 5.41) is 14.0. The van der Waals surface area contributed by atoms with Gasteiger partial charge in [0.05, 0.1) is 12.8 Å². The smallest absolute Gasteiger partial charge is 0.315 e. The van der Waals surface area contributed by atoms with Gasteiger partial charge >= 0.3 is 12.0 Å². The third-order valence-electron chi connectivity index (χ3n) is 3.86. The molecule has 0 bridgehead atoms. The first kappa shape index (κ1) is 19.5. The summed E-state index contributed by atoms with van der Waals surface area (Å²) in [5.74, 6) is 0.0450. The fourth-order valence-electron chi connectivity index (χ4n) is 2.58. The monoisotopic (exact) mass is 359 g/mol. The van der Waals surface area contributed by atoms with Crippen molar-refractivity contribution < 1.29 is 19.1 Å². The van der Waals surface area contributed by atoms with Gasteiger partial charge in [-0.1, -0.05) is 24.3 Å². The van der Waals surface area contributed by atoms with Gasteiger partial charge in [0.1, 0.15) is 5.76 Å². The van der Waals surface area contributed by atoms with Crippen LogP contribution in [-0.2, 0) is 24.4 Å². The van der Waals surface area contributed by atoms with Crippen LogP contribution in [0.25, 0.3) is 0 Å². The molecule has 0 atom stereocenters. The second kappa shape index (κ2) is 10.2. The lowest BCUT2D eigenvalue weighted by Gasteiger charge is -2.18. The van der Waals surface area contributed by atoms with Crippen molar-refractivity contribution in [1.82, 2.24) is 15.5 Å². The van der Waals surface area contributed by atoms with Crippen molar-refractivity contribution in [2.24, 2.45) is 0 Å². The van der Waals surface area contributed by atoms with Crippen LogP contribution in [0.15, 0.2) is 47.1 Å². The quantitative estimate of drug-likeness (QED) is 0.567. The Balaban J connectivity index is 1.80. The molecule has 26 heavy (non-hydrogen) atoms. The number of carboxylic acid groups (broad SMARTS) is 1. The van der Waals surface area contributed by atoms with E-state index in [0.717, 1.165) is 23.4 Å². The van der Waals surface area contributed by atoms with Gasteiger partial charge in [0, 0.05) is 26.1 Å². The molecule has 0 aliphatic rings. The average Bonchev–Trinajstić information content (AvgIpc) is 3.10. The first-order valence-corrected chi connectivity index (χ1v) is 8.56. The summed E-state index contributed by atoms with van der Waals surface area (Å²) >= 11 is 0. The molecule has 0 aliphatic heterocycles. The maximum Gasteiger partial charge on any atom is 0.315 e. The van der Waals surface area contributed by atoms with Crippen LogP contribution in [0.3, 0.4) is 0 Å². The Labute approximate surface area is 153 Å². The van der Waals surface area contributed by atoms with Crippen LogP contribution in [0.2, 0.25) is 0 Å². The van der Waals surface area contributed by atoms with Crippen molar-refractivity contribution in [3.63, 3.8) is 0 Å². The third kappa shape index (κ3) is 6.98. The predicted molar refractivity (Wildman–Crippen MR) is 97.4 cm³/mol. The molecule has 0 aliphatic carbocycles. The zero-order valence-corrected chi connectivity index (χ0v) is 14.9. The summed E-state index contributed by atoms with van der Waals surface area (Å²) < 4.78 is 5.37. The van der Waals surface area contributed by atoms with E-state index in [1.54, 1.807) is 6.26 Å². The van der Waals surface area contributed by atoms with Crippen LogP contribution in [-0.4, -0.2) is 35.6 Å². The first-order valence-electron chi connectivity index (χ1n) is 8.56. The van der Waals surface area contributed by atoms with Gasteiger partial charge in [0.2, 0.25) is 0 Å². The number of hydrogen-bond acceptors (Lipinski definition) is 4. The van der Waals surface area contributed by atoms with Crippen LogP contribution in [0.4, 0.5) is 4.79 Å². The van der Waals surface area contributed by atoms with Gasteiger partial charge in [-0.05, 0) is 36.7 Å². The standard InChI is InChI=1S/C19H25N3O4/c1-22(14-17-8-5-11-26-17)13-16-7-3-2-6-15(16)12-21-19(25)20-10-4-9-18(23)24/h2-3,5-8,11H,4,9-10,12-14H2,1H3,(H,23,24)(H2,20,21,25). The van der Waals surface area contributed by atoms with Gasteiger partial charge in [-0.15, -0.1) is 0 Å². The summed E-state index contributed by atoms with van der Waals surface area (Å²) in [7, 11) is 2.02. The Kier molecular flexibility index (Phi) is 7.70. The highest BCUT2D eigenvalue weighted by atomic mass is 16.4. The molecule has 1 heterocycles. The van der Waals surface area contributed by atoms with E-state index in [2.05, 4.69) is 15.5 Å². The summed E-state index contributed by atoms with van der Waals surface area (Å²) in [6.45, 7) is 2.19. The highest BCUT2D eigenvalue weighted by Gasteiger charge is 2.08. The topological polar surface area (TPSA) is 94.8 Å². The van der Waals surface area contributed by atoms with Gasteiger partial charge in [-0.3, -0.25) is 9.69 Å². The Morgan fingerprint density at radius 2 is 1.85 bits per heavy atom. The molecule has 0 radical (unpaired) electrons. The molecule has 140 valence electrons. The number of benzene rings is 1. The van der Waals surface area contributed by atoms with E-state index in [1.807, 2.05) is 43.4 Å². The van der Waals surface area contributed by atoms with E-state index in [0.29, 0.717) is 26.1 Å². The number of carboxylic acids is 1. The minimum absolute atomic E-state index is 0.0467. The lowest BCUT2D eigenvalue weighted by Crippen LogP contribution is -2.36. The summed E-state index contributed by atoms with van der Waals surface area (Å²) in [4.78, 5) is 24.4. The Bertz CT molecular complexity index is 701. The number of furan rings is 1. The number of nitrogens with one attached hydrogen (secondary N) is 2. The lowest BCUT2D eigenvalue weighted by molar-refractivity contribution is -0.137.